The van der Waals surface area contributed by atoms with Crippen LogP contribution >= 0.6 is 0 Å². The van der Waals surface area contributed by atoms with Crippen LogP contribution in [0.5, 0.6) is 0 Å². The molecule has 2 aromatic rings. The summed E-state index contributed by atoms with van der Waals surface area (Å²) < 4.78 is 0. The normalized spacial score (nSPS) is 9.89. The van der Waals surface area contributed by atoms with E-state index in [2.05, 4.69) is 9.97 Å². The maximum atomic E-state index is 11.6. The summed E-state index contributed by atoms with van der Waals surface area (Å²) in [5, 5.41) is 10.5. The van der Waals surface area contributed by atoms with Crippen LogP contribution in [-0.4, -0.2) is 33.5 Å². The number of carbonyl (C=O) groups is 2. The number of nitrogens with one attached hydrogen (secondary N) is 1. The number of rotatable bonds is 4. The van der Waals surface area contributed by atoms with Crippen LogP contribution in [0.2, 0.25) is 0 Å². The molecular formula is C13H11N3O3. The standard InChI is InChI=1S/C13H11N3O3/c17-12(8-16-13(18)19)10-3-1-9(2-4-10)11-7-14-5-6-15-11/h1-7,16H,8H2,(H,18,19). The maximum Gasteiger partial charge on any atom is 0.405 e. The van der Waals surface area contributed by atoms with Crippen LogP contribution in [-0.2, 0) is 0 Å². The molecule has 2 N–H and O–H groups in total. The summed E-state index contributed by atoms with van der Waals surface area (Å²) in [4.78, 5) is 30.0. The van der Waals surface area contributed by atoms with Gasteiger partial charge in [0.15, 0.2) is 5.78 Å². The Labute approximate surface area is 109 Å². The summed E-state index contributed by atoms with van der Waals surface area (Å²) in [7, 11) is 0. The van der Waals surface area contributed by atoms with Gasteiger partial charge in [0.25, 0.3) is 0 Å². The first-order chi connectivity index (χ1) is 9.16. The Morgan fingerprint density at radius 1 is 1.16 bits per heavy atom. The Morgan fingerprint density at radius 3 is 2.47 bits per heavy atom. The zero-order chi connectivity index (χ0) is 13.7. The van der Waals surface area contributed by atoms with Gasteiger partial charge in [-0.2, -0.15) is 0 Å². The molecule has 1 aromatic carbocycles. The highest BCUT2D eigenvalue weighted by Gasteiger charge is 2.07. The topological polar surface area (TPSA) is 92.2 Å². The summed E-state index contributed by atoms with van der Waals surface area (Å²) in [6, 6.07) is 6.77. The maximum absolute atomic E-state index is 11.6. The van der Waals surface area contributed by atoms with Gasteiger partial charge in [0.05, 0.1) is 18.4 Å². The highest BCUT2D eigenvalue weighted by molar-refractivity contribution is 5.99. The summed E-state index contributed by atoms with van der Waals surface area (Å²) in [5.74, 6) is -0.284. The molecule has 96 valence electrons. The molecule has 1 amide bonds. The monoisotopic (exact) mass is 257 g/mol. The minimum absolute atomic E-state index is 0.236. The molecule has 0 saturated heterocycles. The van der Waals surface area contributed by atoms with Crippen molar-refractivity contribution in [2.75, 3.05) is 6.54 Å². The van der Waals surface area contributed by atoms with Crippen molar-refractivity contribution in [1.29, 1.82) is 0 Å². The molecular weight excluding hydrogens is 246 g/mol. The summed E-state index contributed by atoms with van der Waals surface area (Å²) in [6.45, 7) is -0.236. The second-order valence-electron chi connectivity index (χ2n) is 3.75. The van der Waals surface area contributed by atoms with Crippen LogP contribution in [0.1, 0.15) is 10.4 Å². The average molecular weight is 257 g/mol. The quantitative estimate of drug-likeness (QED) is 0.811. The molecule has 19 heavy (non-hydrogen) atoms. The number of amides is 1. The van der Waals surface area contributed by atoms with Crippen LogP contribution in [0.15, 0.2) is 42.9 Å². The molecule has 0 radical (unpaired) electrons. The van der Waals surface area contributed by atoms with Crippen molar-refractivity contribution in [2.24, 2.45) is 0 Å². The van der Waals surface area contributed by atoms with E-state index in [9.17, 15) is 9.59 Å². The third-order valence-corrected chi connectivity index (χ3v) is 2.47. The molecule has 0 saturated carbocycles. The molecule has 0 aliphatic carbocycles. The lowest BCUT2D eigenvalue weighted by atomic mass is 10.1. The minimum atomic E-state index is -1.22. The highest BCUT2D eigenvalue weighted by Crippen LogP contribution is 2.16. The number of Topliss-reactive ketones (excluding diaryl/α,β-unsaturated/α-hetero) is 1. The van der Waals surface area contributed by atoms with Gasteiger partial charge in [-0.15, -0.1) is 0 Å². The molecule has 6 heteroatoms. The van der Waals surface area contributed by atoms with E-state index in [-0.39, 0.29) is 12.3 Å². The van der Waals surface area contributed by atoms with E-state index in [1.807, 2.05) is 5.32 Å². The Balaban J connectivity index is 2.10. The van der Waals surface area contributed by atoms with Gasteiger partial charge in [-0.3, -0.25) is 14.8 Å². The van der Waals surface area contributed by atoms with Gasteiger partial charge in [0, 0.05) is 23.5 Å². The number of hydrogen-bond donors (Lipinski definition) is 2. The van der Waals surface area contributed by atoms with Crippen molar-refractivity contribution in [3.63, 3.8) is 0 Å². The van der Waals surface area contributed by atoms with Crippen molar-refractivity contribution >= 4 is 11.9 Å². The molecule has 0 atom stereocenters. The summed E-state index contributed by atoms with van der Waals surface area (Å²) >= 11 is 0. The SMILES string of the molecule is O=C(O)NCC(=O)c1ccc(-c2cnccn2)cc1. The van der Waals surface area contributed by atoms with E-state index in [0.717, 1.165) is 5.56 Å². The lowest BCUT2D eigenvalue weighted by Gasteiger charge is -2.03. The lowest BCUT2D eigenvalue weighted by molar-refractivity contribution is 0.0987. The third kappa shape index (κ3) is 3.35. The van der Waals surface area contributed by atoms with Crippen molar-refractivity contribution in [1.82, 2.24) is 15.3 Å². The first kappa shape index (κ1) is 12.7. The van der Waals surface area contributed by atoms with E-state index in [1.165, 1.54) is 0 Å². The number of benzene rings is 1. The number of hydrogen-bond acceptors (Lipinski definition) is 4. The molecule has 0 bridgehead atoms. The number of carboxylic acid groups (broad SMARTS) is 1. The van der Waals surface area contributed by atoms with Crippen molar-refractivity contribution in [3.05, 3.63) is 48.4 Å². The van der Waals surface area contributed by atoms with Gasteiger partial charge in [0.1, 0.15) is 0 Å². The zero-order valence-electron chi connectivity index (χ0n) is 9.91. The third-order valence-electron chi connectivity index (χ3n) is 2.47. The summed E-state index contributed by atoms with van der Waals surface area (Å²) in [5.41, 5.74) is 2.00. The minimum Gasteiger partial charge on any atom is -0.465 e. The predicted molar refractivity (Wildman–Crippen MR) is 67.8 cm³/mol. The van der Waals surface area contributed by atoms with E-state index < -0.39 is 6.09 Å². The second kappa shape index (κ2) is 5.72. The fourth-order valence-corrected chi connectivity index (χ4v) is 1.53. The van der Waals surface area contributed by atoms with Gasteiger partial charge in [0.2, 0.25) is 0 Å². The van der Waals surface area contributed by atoms with Crippen LogP contribution < -0.4 is 5.32 Å². The molecule has 0 unspecified atom stereocenters. The molecule has 6 nitrogen and oxygen atoms in total. The largest absolute Gasteiger partial charge is 0.465 e. The van der Waals surface area contributed by atoms with Crippen molar-refractivity contribution < 1.29 is 14.7 Å². The first-order valence-electron chi connectivity index (χ1n) is 5.53. The Hall–Kier alpha value is -2.76. The molecule has 0 aliphatic heterocycles. The summed E-state index contributed by atoms with van der Waals surface area (Å²) in [6.07, 6.45) is 3.58. The molecule has 2 rings (SSSR count). The number of aromatic nitrogens is 2. The van der Waals surface area contributed by atoms with Crippen LogP contribution in [0.3, 0.4) is 0 Å². The molecule has 1 heterocycles. The number of carbonyl (C=O) groups excluding carboxylic acids is 1. The van der Waals surface area contributed by atoms with Crippen LogP contribution in [0.4, 0.5) is 4.79 Å². The van der Waals surface area contributed by atoms with Crippen LogP contribution in [0, 0.1) is 0 Å². The highest BCUT2D eigenvalue weighted by atomic mass is 16.4. The van der Waals surface area contributed by atoms with Crippen molar-refractivity contribution in [3.8, 4) is 11.3 Å². The van der Waals surface area contributed by atoms with Gasteiger partial charge in [-0.25, -0.2) is 4.79 Å². The van der Waals surface area contributed by atoms with Crippen LogP contribution in [0.25, 0.3) is 11.3 Å². The van der Waals surface area contributed by atoms with E-state index in [4.69, 9.17) is 5.11 Å². The molecule has 1 aromatic heterocycles. The number of nitrogens with zero attached hydrogens (tertiary/aromatic N) is 2. The van der Waals surface area contributed by atoms with Gasteiger partial charge in [-0.1, -0.05) is 24.3 Å². The van der Waals surface area contributed by atoms with E-state index in [1.54, 1.807) is 42.9 Å². The Kier molecular flexibility index (Phi) is 3.82. The van der Waals surface area contributed by atoms with Gasteiger partial charge in [-0.05, 0) is 0 Å². The Bertz CT molecular complexity index is 582. The molecule has 0 fully saturated rings. The predicted octanol–water partition coefficient (Wildman–Crippen LogP) is 1.59. The zero-order valence-corrected chi connectivity index (χ0v) is 9.91. The lowest BCUT2D eigenvalue weighted by Crippen LogP contribution is -2.27. The van der Waals surface area contributed by atoms with E-state index in [0.29, 0.717) is 11.3 Å². The smallest absolute Gasteiger partial charge is 0.405 e. The number of ketones is 1. The second-order valence-corrected chi connectivity index (χ2v) is 3.75. The molecule has 0 aliphatic rings. The first-order valence-corrected chi connectivity index (χ1v) is 5.53. The Morgan fingerprint density at radius 2 is 1.89 bits per heavy atom. The fraction of sp³-hybridized carbons (Fsp3) is 0.0769. The van der Waals surface area contributed by atoms with E-state index >= 15 is 0 Å². The van der Waals surface area contributed by atoms with Gasteiger partial charge < -0.3 is 10.4 Å². The average Bonchev–Trinajstić information content (AvgIpc) is 2.46. The molecule has 0 spiro atoms. The fourth-order valence-electron chi connectivity index (χ4n) is 1.53. The van der Waals surface area contributed by atoms with Gasteiger partial charge >= 0.3 is 6.09 Å². The van der Waals surface area contributed by atoms with Crippen molar-refractivity contribution in [2.45, 2.75) is 0 Å².